The first-order valence-corrected chi connectivity index (χ1v) is 6.93. The second-order valence-electron chi connectivity index (χ2n) is 5.24. The molecule has 1 aromatic rings. The van der Waals surface area contributed by atoms with Gasteiger partial charge in [0.2, 0.25) is 0 Å². The number of hydrogen-bond acceptors (Lipinski definition) is 5. The Morgan fingerprint density at radius 2 is 1.59 bits per heavy atom. The van der Waals surface area contributed by atoms with Crippen LogP contribution in [-0.4, -0.2) is 56.8 Å². The number of aliphatic carboxylic acids is 1. The second kappa shape index (κ2) is 6.67. The Hall–Kier alpha value is -2.25. The van der Waals surface area contributed by atoms with Crippen LogP contribution >= 0.6 is 0 Å². The predicted molar refractivity (Wildman–Crippen MR) is 75.3 cm³/mol. The maximum Gasteiger partial charge on any atom is 0.305 e. The minimum absolute atomic E-state index is 0.0211. The van der Waals surface area contributed by atoms with Crippen LogP contribution in [0.5, 0.6) is 0 Å². The van der Waals surface area contributed by atoms with Gasteiger partial charge in [0.1, 0.15) is 0 Å². The van der Waals surface area contributed by atoms with E-state index in [1.165, 1.54) is 0 Å². The van der Waals surface area contributed by atoms with Crippen molar-refractivity contribution in [3.05, 3.63) is 35.4 Å². The molecule has 2 amide bonds. The monoisotopic (exact) mass is 307 g/mol. The van der Waals surface area contributed by atoms with Crippen LogP contribution in [0.15, 0.2) is 24.3 Å². The van der Waals surface area contributed by atoms with E-state index in [9.17, 15) is 24.6 Å². The van der Waals surface area contributed by atoms with Crippen LogP contribution in [0.1, 0.15) is 40.0 Å². The molecule has 118 valence electrons. The summed E-state index contributed by atoms with van der Waals surface area (Å²) in [5.74, 6) is -1.96. The molecule has 0 unspecified atom stereocenters. The molecule has 22 heavy (non-hydrogen) atoms. The van der Waals surface area contributed by atoms with Crippen LogP contribution in [0.3, 0.4) is 0 Å². The number of aliphatic hydroxyl groups excluding tert-OH is 2. The summed E-state index contributed by atoms with van der Waals surface area (Å²) in [5, 5.41) is 27.7. The highest BCUT2D eigenvalue weighted by atomic mass is 16.4. The molecule has 3 N–H and O–H groups in total. The lowest BCUT2D eigenvalue weighted by molar-refractivity contribution is -0.139. The Morgan fingerprint density at radius 3 is 2.09 bits per heavy atom. The molecule has 0 fully saturated rings. The van der Waals surface area contributed by atoms with Gasteiger partial charge in [-0.25, -0.2) is 0 Å². The van der Waals surface area contributed by atoms with E-state index >= 15 is 0 Å². The smallest absolute Gasteiger partial charge is 0.305 e. The molecule has 2 rings (SSSR count). The zero-order valence-corrected chi connectivity index (χ0v) is 11.8. The third-order valence-corrected chi connectivity index (χ3v) is 3.52. The fourth-order valence-electron chi connectivity index (χ4n) is 2.44. The van der Waals surface area contributed by atoms with Crippen LogP contribution in [-0.2, 0) is 4.79 Å². The summed E-state index contributed by atoms with van der Waals surface area (Å²) in [7, 11) is 0. The van der Waals surface area contributed by atoms with Crippen LogP contribution in [0, 0.1) is 0 Å². The molecule has 1 aromatic carbocycles. The molecule has 1 aliphatic rings. The Kier molecular flexibility index (Phi) is 4.89. The molecule has 0 aromatic heterocycles. The predicted octanol–water partition coefficient (Wildman–Crippen LogP) is 0.259. The van der Waals surface area contributed by atoms with Gasteiger partial charge in [-0.2, -0.15) is 0 Å². The average Bonchev–Trinajstić information content (AvgIpc) is 2.68. The molecule has 0 spiro atoms. The minimum atomic E-state index is -1.16. The minimum Gasteiger partial charge on any atom is -0.481 e. The number of imide groups is 1. The second-order valence-corrected chi connectivity index (χ2v) is 5.24. The van der Waals surface area contributed by atoms with E-state index in [-0.39, 0.29) is 19.4 Å². The summed E-state index contributed by atoms with van der Waals surface area (Å²) in [5.41, 5.74) is 0.681. The molecule has 2 atom stereocenters. The molecule has 0 saturated carbocycles. The van der Waals surface area contributed by atoms with Crippen LogP contribution < -0.4 is 0 Å². The number of carboxylic acid groups (broad SMARTS) is 1. The van der Waals surface area contributed by atoms with Gasteiger partial charge in [0.05, 0.1) is 29.8 Å². The number of rotatable bonds is 7. The van der Waals surface area contributed by atoms with E-state index in [2.05, 4.69) is 0 Å². The normalized spacial score (nSPS) is 16.5. The molecule has 7 heteroatoms. The zero-order chi connectivity index (χ0) is 16.3. The molecular formula is C15H17NO6. The summed E-state index contributed by atoms with van der Waals surface area (Å²) < 4.78 is 0. The number of carboxylic acids is 1. The summed E-state index contributed by atoms with van der Waals surface area (Å²) >= 11 is 0. The third-order valence-electron chi connectivity index (χ3n) is 3.52. The third kappa shape index (κ3) is 3.49. The van der Waals surface area contributed by atoms with Gasteiger partial charge in [-0.1, -0.05) is 12.1 Å². The summed E-state index contributed by atoms with van der Waals surface area (Å²) in [6.45, 7) is 0.0211. The standard InChI is InChI=1S/C15H17NO6/c17-9(7-10(18)8-13(19)20)5-6-16-14(21)11-3-1-2-4-12(11)15(16)22/h1-4,9-10,17-18H,5-8H2,(H,19,20)/t9-,10-/m1/s1. The number of carbonyl (C=O) groups excluding carboxylic acids is 2. The maximum absolute atomic E-state index is 12.1. The van der Waals surface area contributed by atoms with Crippen molar-refractivity contribution in [2.45, 2.75) is 31.5 Å². The molecule has 0 bridgehead atoms. The van der Waals surface area contributed by atoms with Crippen LogP contribution in [0.2, 0.25) is 0 Å². The molecule has 7 nitrogen and oxygen atoms in total. The summed E-state index contributed by atoms with van der Waals surface area (Å²) in [6.07, 6.45) is -2.63. The lowest BCUT2D eigenvalue weighted by Gasteiger charge is -2.18. The topological polar surface area (TPSA) is 115 Å². The van der Waals surface area contributed by atoms with Gasteiger partial charge in [0.25, 0.3) is 11.8 Å². The molecule has 1 aliphatic heterocycles. The fraction of sp³-hybridized carbons (Fsp3) is 0.400. The van der Waals surface area contributed by atoms with E-state index in [0.717, 1.165) is 4.90 Å². The fourth-order valence-corrected chi connectivity index (χ4v) is 2.44. The molecule has 0 radical (unpaired) electrons. The molecule has 1 heterocycles. The Morgan fingerprint density at radius 1 is 1.05 bits per heavy atom. The van der Waals surface area contributed by atoms with Crippen molar-refractivity contribution >= 4 is 17.8 Å². The van der Waals surface area contributed by atoms with Gasteiger partial charge in [-0.05, 0) is 25.0 Å². The van der Waals surface area contributed by atoms with E-state index in [1.54, 1.807) is 24.3 Å². The van der Waals surface area contributed by atoms with Crippen LogP contribution in [0.4, 0.5) is 0 Å². The van der Waals surface area contributed by atoms with Gasteiger partial charge in [0.15, 0.2) is 0 Å². The van der Waals surface area contributed by atoms with Crippen molar-refractivity contribution in [3.8, 4) is 0 Å². The molecule has 0 saturated heterocycles. The lowest BCUT2D eigenvalue weighted by Crippen LogP contribution is -2.33. The Balaban J connectivity index is 1.89. The first-order valence-electron chi connectivity index (χ1n) is 6.93. The van der Waals surface area contributed by atoms with Gasteiger partial charge >= 0.3 is 5.97 Å². The number of carbonyl (C=O) groups is 3. The summed E-state index contributed by atoms with van der Waals surface area (Å²) in [6, 6.07) is 6.49. The Labute approximate surface area is 126 Å². The first kappa shape index (κ1) is 16.1. The van der Waals surface area contributed by atoms with Crippen molar-refractivity contribution in [1.82, 2.24) is 4.90 Å². The first-order chi connectivity index (χ1) is 10.4. The van der Waals surface area contributed by atoms with E-state index in [4.69, 9.17) is 5.11 Å². The number of benzene rings is 1. The number of amides is 2. The highest BCUT2D eigenvalue weighted by molar-refractivity contribution is 6.21. The van der Waals surface area contributed by atoms with Crippen molar-refractivity contribution in [2.75, 3.05) is 6.54 Å². The van der Waals surface area contributed by atoms with Gasteiger partial charge in [0, 0.05) is 6.54 Å². The van der Waals surface area contributed by atoms with E-state index < -0.39 is 36.4 Å². The summed E-state index contributed by atoms with van der Waals surface area (Å²) in [4.78, 5) is 35.7. The SMILES string of the molecule is O=C(O)C[C@H](O)C[C@H](O)CCN1C(=O)c2ccccc2C1=O. The highest BCUT2D eigenvalue weighted by Gasteiger charge is 2.35. The van der Waals surface area contributed by atoms with Gasteiger partial charge in [-0.3, -0.25) is 19.3 Å². The highest BCUT2D eigenvalue weighted by Crippen LogP contribution is 2.23. The number of nitrogens with zero attached hydrogens (tertiary/aromatic N) is 1. The number of aliphatic hydroxyl groups is 2. The van der Waals surface area contributed by atoms with Crippen molar-refractivity contribution in [1.29, 1.82) is 0 Å². The van der Waals surface area contributed by atoms with Crippen molar-refractivity contribution in [2.24, 2.45) is 0 Å². The Bertz CT molecular complexity index is 564. The zero-order valence-electron chi connectivity index (χ0n) is 11.8. The quantitative estimate of drug-likeness (QED) is 0.622. The van der Waals surface area contributed by atoms with E-state index in [0.29, 0.717) is 11.1 Å². The number of hydrogen-bond donors (Lipinski definition) is 3. The maximum atomic E-state index is 12.1. The van der Waals surface area contributed by atoms with Crippen molar-refractivity contribution < 1.29 is 29.7 Å². The molecular weight excluding hydrogens is 290 g/mol. The van der Waals surface area contributed by atoms with E-state index in [1.807, 2.05) is 0 Å². The number of fused-ring (bicyclic) bond motifs is 1. The lowest BCUT2D eigenvalue weighted by atomic mass is 10.1. The average molecular weight is 307 g/mol. The van der Waals surface area contributed by atoms with Crippen molar-refractivity contribution in [3.63, 3.8) is 0 Å². The van der Waals surface area contributed by atoms with Gasteiger partial charge < -0.3 is 15.3 Å². The van der Waals surface area contributed by atoms with Gasteiger partial charge in [-0.15, -0.1) is 0 Å². The largest absolute Gasteiger partial charge is 0.481 e. The van der Waals surface area contributed by atoms with Crippen LogP contribution in [0.25, 0.3) is 0 Å². The molecule has 0 aliphatic carbocycles.